The van der Waals surface area contributed by atoms with Crippen molar-refractivity contribution < 1.29 is 0 Å². The van der Waals surface area contributed by atoms with E-state index in [0.717, 1.165) is 12.8 Å². The predicted octanol–water partition coefficient (Wildman–Crippen LogP) is 6.02. The monoisotopic (exact) mass is 304 g/mol. The predicted molar refractivity (Wildman–Crippen MR) is 102 cm³/mol. The SMILES string of the molecule is c1ccc2cc3c(cc2c1)CC1=C3Cc2cc3ccccc3cc21. The van der Waals surface area contributed by atoms with Crippen LogP contribution in [0.15, 0.2) is 72.8 Å². The minimum absolute atomic E-state index is 1.08. The van der Waals surface area contributed by atoms with Crippen molar-refractivity contribution in [1.29, 1.82) is 0 Å². The summed E-state index contributed by atoms with van der Waals surface area (Å²) in [5, 5.41) is 5.42. The fraction of sp³-hybridized carbons (Fsp3) is 0.0833. The molecule has 0 fully saturated rings. The quantitative estimate of drug-likeness (QED) is 0.373. The van der Waals surface area contributed by atoms with Gasteiger partial charge in [-0.3, -0.25) is 0 Å². The summed E-state index contributed by atoms with van der Waals surface area (Å²) in [4.78, 5) is 0. The molecule has 4 aromatic carbocycles. The standard InChI is InChI=1S/C24H16/c1-3-7-17-11-21-19(9-15(17)5-1)13-23-22-12-18-8-4-2-6-16(18)10-20(22)14-24(21)23/h1-12H,13-14H2. The molecular formula is C24H16. The lowest BCUT2D eigenvalue weighted by atomic mass is 9.94. The molecule has 0 bridgehead atoms. The number of fused-ring (bicyclic) bond motifs is 6. The summed E-state index contributed by atoms with van der Waals surface area (Å²) in [6.45, 7) is 0. The van der Waals surface area contributed by atoms with Crippen LogP contribution in [-0.4, -0.2) is 0 Å². The van der Waals surface area contributed by atoms with E-state index in [-0.39, 0.29) is 0 Å². The highest BCUT2D eigenvalue weighted by atomic mass is 14.3. The fourth-order valence-electron chi connectivity index (χ4n) is 4.54. The number of allylic oxidation sites excluding steroid dienone is 2. The summed E-state index contributed by atoms with van der Waals surface area (Å²) in [7, 11) is 0. The van der Waals surface area contributed by atoms with Gasteiger partial charge >= 0.3 is 0 Å². The molecule has 0 radical (unpaired) electrons. The highest BCUT2D eigenvalue weighted by Gasteiger charge is 2.29. The molecule has 6 rings (SSSR count). The summed E-state index contributed by atoms with van der Waals surface area (Å²) in [6, 6.07) is 27.0. The molecule has 0 spiro atoms. The highest BCUT2D eigenvalue weighted by Crippen LogP contribution is 2.48. The van der Waals surface area contributed by atoms with Crippen LogP contribution in [0.1, 0.15) is 22.3 Å². The highest BCUT2D eigenvalue weighted by molar-refractivity contribution is 6.06. The topological polar surface area (TPSA) is 0 Å². The third-order valence-corrected chi connectivity index (χ3v) is 5.69. The number of rotatable bonds is 0. The third-order valence-electron chi connectivity index (χ3n) is 5.69. The maximum atomic E-state index is 2.40. The summed E-state index contributed by atoms with van der Waals surface area (Å²) >= 11 is 0. The van der Waals surface area contributed by atoms with Gasteiger partial charge < -0.3 is 0 Å². The van der Waals surface area contributed by atoms with Gasteiger partial charge in [0.15, 0.2) is 0 Å². The van der Waals surface area contributed by atoms with Gasteiger partial charge in [0.2, 0.25) is 0 Å². The molecule has 2 aliphatic carbocycles. The maximum absolute atomic E-state index is 2.40. The maximum Gasteiger partial charge on any atom is -0.00104 e. The van der Waals surface area contributed by atoms with E-state index in [1.807, 2.05) is 0 Å². The lowest BCUT2D eigenvalue weighted by molar-refractivity contribution is 1.27. The van der Waals surface area contributed by atoms with Crippen LogP contribution in [-0.2, 0) is 12.8 Å². The Labute approximate surface area is 141 Å². The second-order valence-corrected chi connectivity index (χ2v) is 7.02. The second-order valence-electron chi connectivity index (χ2n) is 7.02. The lowest BCUT2D eigenvalue weighted by Gasteiger charge is -2.10. The normalized spacial score (nSPS) is 15.0. The van der Waals surface area contributed by atoms with Crippen molar-refractivity contribution in [1.82, 2.24) is 0 Å². The van der Waals surface area contributed by atoms with Gasteiger partial charge in [-0.05, 0) is 79.9 Å². The van der Waals surface area contributed by atoms with E-state index >= 15 is 0 Å². The summed E-state index contributed by atoms with van der Waals surface area (Å²) in [6.07, 6.45) is 2.17. The molecule has 112 valence electrons. The zero-order valence-corrected chi connectivity index (χ0v) is 13.3. The molecule has 0 nitrogen and oxygen atoms in total. The van der Waals surface area contributed by atoms with Gasteiger partial charge in [0.25, 0.3) is 0 Å². The van der Waals surface area contributed by atoms with E-state index in [1.165, 1.54) is 43.8 Å². The Morgan fingerprint density at radius 3 is 1.25 bits per heavy atom. The van der Waals surface area contributed by atoms with E-state index in [4.69, 9.17) is 0 Å². The van der Waals surface area contributed by atoms with Crippen LogP contribution in [0.25, 0.3) is 32.7 Å². The van der Waals surface area contributed by atoms with E-state index in [9.17, 15) is 0 Å². The Balaban J connectivity index is 1.57. The third kappa shape index (κ3) is 1.58. The van der Waals surface area contributed by atoms with Gasteiger partial charge in [0.1, 0.15) is 0 Å². The van der Waals surface area contributed by atoms with Crippen molar-refractivity contribution in [3.8, 4) is 0 Å². The summed E-state index contributed by atoms with van der Waals surface area (Å²) < 4.78 is 0. The van der Waals surface area contributed by atoms with Crippen LogP contribution in [0.3, 0.4) is 0 Å². The fourth-order valence-corrected chi connectivity index (χ4v) is 4.54. The van der Waals surface area contributed by atoms with Crippen molar-refractivity contribution in [2.45, 2.75) is 12.8 Å². The zero-order valence-electron chi connectivity index (χ0n) is 13.3. The van der Waals surface area contributed by atoms with Crippen LogP contribution in [0.2, 0.25) is 0 Å². The van der Waals surface area contributed by atoms with E-state index in [2.05, 4.69) is 72.8 Å². The Morgan fingerprint density at radius 1 is 0.458 bits per heavy atom. The molecule has 0 saturated carbocycles. The first-order valence-electron chi connectivity index (χ1n) is 8.63. The molecule has 4 aromatic rings. The Hall–Kier alpha value is -2.86. The second kappa shape index (κ2) is 4.36. The van der Waals surface area contributed by atoms with E-state index < -0.39 is 0 Å². The van der Waals surface area contributed by atoms with Crippen LogP contribution in [0, 0.1) is 0 Å². The number of hydrogen-bond donors (Lipinski definition) is 0. The van der Waals surface area contributed by atoms with Gasteiger partial charge in [-0.25, -0.2) is 0 Å². The van der Waals surface area contributed by atoms with Crippen molar-refractivity contribution >= 4 is 32.7 Å². The average Bonchev–Trinajstić information content (AvgIpc) is 3.13. The minimum atomic E-state index is 1.08. The van der Waals surface area contributed by atoms with Crippen molar-refractivity contribution in [3.63, 3.8) is 0 Å². The Morgan fingerprint density at radius 2 is 0.833 bits per heavy atom. The van der Waals surface area contributed by atoms with Crippen LogP contribution >= 0.6 is 0 Å². The van der Waals surface area contributed by atoms with Gasteiger partial charge in [-0.15, -0.1) is 0 Å². The van der Waals surface area contributed by atoms with Gasteiger partial charge in [-0.2, -0.15) is 0 Å². The number of hydrogen-bond acceptors (Lipinski definition) is 0. The summed E-state index contributed by atoms with van der Waals surface area (Å²) in [5.41, 5.74) is 9.06. The molecular weight excluding hydrogens is 288 g/mol. The Bertz CT molecular complexity index is 1100. The van der Waals surface area contributed by atoms with Crippen LogP contribution in [0.4, 0.5) is 0 Å². The first-order chi connectivity index (χ1) is 11.9. The largest absolute Gasteiger partial charge is 0.0616 e. The van der Waals surface area contributed by atoms with Crippen molar-refractivity contribution in [2.75, 3.05) is 0 Å². The van der Waals surface area contributed by atoms with Crippen molar-refractivity contribution in [2.24, 2.45) is 0 Å². The Kier molecular flexibility index (Phi) is 2.28. The lowest BCUT2D eigenvalue weighted by Crippen LogP contribution is -1.92. The first-order valence-corrected chi connectivity index (χ1v) is 8.63. The minimum Gasteiger partial charge on any atom is -0.0616 e. The van der Waals surface area contributed by atoms with Gasteiger partial charge in [0.05, 0.1) is 0 Å². The smallest absolute Gasteiger partial charge is 0.00104 e. The van der Waals surface area contributed by atoms with Crippen molar-refractivity contribution in [3.05, 3.63) is 95.1 Å². The van der Waals surface area contributed by atoms with E-state index in [0.29, 0.717) is 0 Å². The molecule has 0 amide bonds. The molecule has 24 heavy (non-hydrogen) atoms. The summed E-state index contributed by atoms with van der Waals surface area (Å²) in [5.74, 6) is 0. The first kappa shape index (κ1) is 12.5. The molecule has 0 N–H and O–H groups in total. The molecule has 0 aromatic heterocycles. The molecule has 0 heterocycles. The zero-order chi connectivity index (χ0) is 15.7. The van der Waals surface area contributed by atoms with Gasteiger partial charge in [-0.1, -0.05) is 60.7 Å². The molecule has 0 atom stereocenters. The van der Waals surface area contributed by atoms with Gasteiger partial charge in [0, 0.05) is 0 Å². The van der Waals surface area contributed by atoms with E-state index in [1.54, 1.807) is 11.1 Å². The molecule has 0 aliphatic heterocycles. The molecule has 0 saturated heterocycles. The molecule has 2 aliphatic rings. The molecule has 0 unspecified atom stereocenters. The van der Waals surface area contributed by atoms with Crippen LogP contribution < -0.4 is 0 Å². The van der Waals surface area contributed by atoms with Crippen LogP contribution in [0.5, 0.6) is 0 Å². The number of benzene rings is 4. The molecule has 0 heteroatoms. The average molecular weight is 304 g/mol.